The second kappa shape index (κ2) is 5.17. The van der Waals surface area contributed by atoms with E-state index >= 15 is 0 Å². The summed E-state index contributed by atoms with van der Waals surface area (Å²) < 4.78 is 1.86. The highest BCUT2D eigenvalue weighted by molar-refractivity contribution is 5.58. The number of rotatable bonds is 4. The van der Waals surface area contributed by atoms with Gasteiger partial charge >= 0.3 is 0 Å². The van der Waals surface area contributed by atoms with Crippen molar-refractivity contribution in [2.24, 2.45) is 0 Å². The van der Waals surface area contributed by atoms with Crippen LogP contribution in [-0.4, -0.2) is 16.3 Å². The van der Waals surface area contributed by atoms with Crippen LogP contribution in [0.4, 0.5) is 5.69 Å². The van der Waals surface area contributed by atoms with Crippen molar-refractivity contribution in [1.82, 2.24) is 9.78 Å². The van der Waals surface area contributed by atoms with Crippen LogP contribution in [0.15, 0.2) is 36.7 Å². The fraction of sp³-hybridized carbons (Fsp3) is 0.231. The number of nitriles is 1. The van der Waals surface area contributed by atoms with Gasteiger partial charge in [0.1, 0.15) is 6.07 Å². The Hall–Kier alpha value is -2.28. The third-order valence-corrected chi connectivity index (χ3v) is 2.51. The van der Waals surface area contributed by atoms with E-state index in [2.05, 4.69) is 16.5 Å². The van der Waals surface area contributed by atoms with Gasteiger partial charge in [0, 0.05) is 18.9 Å². The number of nitrogens with one attached hydrogen (secondary N) is 1. The standard InChI is InChI=1S/C13H14N4/c1-11-3-4-12(10-14)13(9-11)15-6-8-17-7-2-5-16-17/h2-5,7,9,15H,6,8H2,1H3. The van der Waals surface area contributed by atoms with Gasteiger partial charge in [-0.2, -0.15) is 10.4 Å². The summed E-state index contributed by atoms with van der Waals surface area (Å²) in [6.45, 7) is 3.55. The molecule has 17 heavy (non-hydrogen) atoms. The zero-order chi connectivity index (χ0) is 12.1. The van der Waals surface area contributed by atoms with Crippen LogP contribution in [0.3, 0.4) is 0 Å². The number of hydrogen-bond acceptors (Lipinski definition) is 3. The quantitative estimate of drug-likeness (QED) is 0.869. The lowest BCUT2D eigenvalue weighted by atomic mass is 10.1. The molecule has 0 aliphatic rings. The van der Waals surface area contributed by atoms with E-state index < -0.39 is 0 Å². The average Bonchev–Trinajstić information content (AvgIpc) is 2.82. The fourth-order valence-corrected chi connectivity index (χ4v) is 1.64. The summed E-state index contributed by atoms with van der Waals surface area (Å²) in [6, 6.07) is 9.85. The van der Waals surface area contributed by atoms with Crippen LogP contribution in [0.1, 0.15) is 11.1 Å². The van der Waals surface area contributed by atoms with Gasteiger partial charge in [0.2, 0.25) is 0 Å². The maximum Gasteiger partial charge on any atom is 0.101 e. The number of aryl methyl sites for hydroxylation is 1. The molecule has 1 aromatic heterocycles. The molecule has 86 valence electrons. The number of benzene rings is 1. The Labute approximate surface area is 100 Å². The molecule has 2 rings (SSSR count). The molecule has 0 unspecified atom stereocenters. The van der Waals surface area contributed by atoms with Crippen molar-refractivity contribution < 1.29 is 0 Å². The molecule has 1 N–H and O–H groups in total. The molecule has 1 aromatic carbocycles. The van der Waals surface area contributed by atoms with Crippen molar-refractivity contribution in [3.8, 4) is 6.07 Å². The first-order valence-electron chi connectivity index (χ1n) is 5.51. The lowest BCUT2D eigenvalue weighted by Gasteiger charge is -2.09. The number of hydrogen-bond donors (Lipinski definition) is 1. The third kappa shape index (κ3) is 2.85. The van der Waals surface area contributed by atoms with Gasteiger partial charge in [-0.25, -0.2) is 0 Å². The van der Waals surface area contributed by atoms with Crippen LogP contribution < -0.4 is 5.32 Å². The highest BCUT2D eigenvalue weighted by Crippen LogP contribution is 2.16. The van der Waals surface area contributed by atoms with E-state index in [0.29, 0.717) is 5.56 Å². The minimum absolute atomic E-state index is 0.677. The van der Waals surface area contributed by atoms with Crippen LogP contribution in [0, 0.1) is 18.3 Å². The summed E-state index contributed by atoms with van der Waals surface area (Å²) in [5, 5.41) is 16.4. The van der Waals surface area contributed by atoms with E-state index in [-0.39, 0.29) is 0 Å². The monoisotopic (exact) mass is 226 g/mol. The molecular formula is C13H14N4. The first-order valence-corrected chi connectivity index (χ1v) is 5.51. The molecule has 4 heteroatoms. The van der Waals surface area contributed by atoms with Crippen LogP contribution in [0.5, 0.6) is 0 Å². The molecule has 0 saturated heterocycles. The van der Waals surface area contributed by atoms with Crippen molar-refractivity contribution >= 4 is 5.69 Å². The topological polar surface area (TPSA) is 53.6 Å². The Balaban J connectivity index is 1.99. The first-order chi connectivity index (χ1) is 8.29. The van der Waals surface area contributed by atoms with E-state index in [1.54, 1.807) is 6.20 Å². The molecule has 1 heterocycles. The number of aromatic nitrogens is 2. The van der Waals surface area contributed by atoms with Crippen molar-refractivity contribution in [2.45, 2.75) is 13.5 Å². The predicted molar refractivity (Wildman–Crippen MR) is 66.6 cm³/mol. The lowest BCUT2D eigenvalue weighted by Crippen LogP contribution is -2.11. The minimum Gasteiger partial charge on any atom is -0.382 e. The van der Waals surface area contributed by atoms with E-state index in [1.807, 2.05) is 42.1 Å². The van der Waals surface area contributed by atoms with Gasteiger partial charge in [-0.1, -0.05) is 6.07 Å². The maximum absolute atomic E-state index is 8.99. The highest BCUT2D eigenvalue weighted by atomic mass is 15.3. The SMILES string of the molecule is Cc1ccc(C#N)c(NCCn2cccn2)c1. The highest BCUT2D eigenvalue weighted by Gasteiger charge is 2.01. The smallest absolute Gasteiger partial charge is 0.101 e. The van der Waals surface area contributed by atoms with Gasteiger partial charge in [0.25, 0.3) is 0 Å². The van der Waals surface area contributed by atoms with E-state index in [0.717, 1.165) is 24.3 Å². The lowest BCUT2D eigenvalue weighted by molar-refractivity contribution is 0.638. The van der Waals surface area contributed by atoms with Gasteiger partial charge in [-0.05, 0) is 30.7 Å². The van der Waals surface area contributed by atoms with Gasteiger partial charge in [0.15, 0.2) is 0 Å². The Morgan fingerprint density at radius 3 is 3.06 bits per heavy atom. The Morgan fingerprint density at radius 2 is 2.35 bits per heavy atom. The summed E-state index contributed by atoms with van der Waals surface area (Å²) in [7, 11) is 0. The molecule has 0 spiro atoms. The summed E-state index contributed by atoms with van der Waals surface area (Å²) >= 11 is 0. The molecule has 0 radical (unpaired) electrons. The van der Waals surface area contributed by atoms with E-state index in [1.165, 1.54) is 0 Å². The molecule has 0 atom stereocenters. The van der Waals surface area contributed by atoms with E-state index in [4.69, 9.17) is 5.26 Å². The van der Waals surface area contributed by atoms with Crippen molar-refractivity contribution in [3.63, 3.8) is 0 Å². The average molecular weight is 226 g/mol. The van der Waals surface area contributed by atoms with Gasteiger partial charge < -0.3 is 5.32 Å². The Morgan fingerprint density at radius 1 is 1.47 bits per heavy atom. The molecule has 0 amide bonds. The Kier molecular flexibility index (Phi) is 3.41. The van der Waals surface area contributed by atoms with E-state index in [9.17, 15) is 0 Å². The molecule has 0 saturated carbocycles. The molecule has 0 aliphatic carbocycles. The maximum atomic E-state index is 8.99. The molecule has 0 bridgehead atoms. The second-order valence-corrected chi connectivity index (χ2v) is 3.86. The molecule has 0 aliphatic heterocycles. The zero-order valence-electron chi connectivity index (χ0n) is 9.72. The molecule has 2 aromatic rings. The minimum atomic E-state index is 0.677. The summed E-state index contributed by atoms with van der Waals surface area (Å²) in [5.74, 6) is 0. The van der Waals surface area contributed by atoms with Gasteiger partial charge in [-0.3, -0.25) is 4.68 Å². The van der Waals surface area contributed by atoms with Crippen molar-refractivity contribution in [1.29, 1.82) is 5.26 Å². The van der Waals surface area contributed by atoms with Gasteiger partial charge in [0.05, 0.1) is 17.8 Å². The second-order valence-electron chi connectivity index (χ2n) is 3.86. The predicted octanol–water partition coefficient (Wildman–Crippen LogP) is 2.18. The largest absolute Gasteiger partial charge is 0.382 e. The third-order valence-electron chi connectivity index (χ3n) is 2.51. The van der Waals surface area contributed by atoms with Crippen LogP contribution in [0.2, 0.25) is 0 Å². The Bertz CT molecular complexity index is 523. The summed E-state index contributed by atoms with van der Waals surface area (Å²) in [4.78, 5) is 0. The molecule has 4 nitrogen and oxygen atoms in total. The summed E-state index contributed by atoms with van der Waals surface area (Å²) in [6.07, 6.45) is 3.68. The molecule has 0 fully saturated rings. The zero-order valence-corrected chi connectivity index (χ0v) is 9.72. The van der Waals surface area contributed by atoms with Gasteiger partial charge in [-0.15, -0.1) is 0 Å². The van der Waals surface area contributed by atoms with Crippen LogP contribution in [0.25, 0.3) is 0 Å². The first kappa shape index (κ1) is 11.2. The van der Waals surface area contributed by atoms with Crippen LogP contribution in [-0.2, 0) is 6.54 Å². The van der Waals surface area contributed by atoms with Crippen LogP contribution >= 0.6 is 0 Å². The normalized spacial score (nSPS) is 9.88. The fourth-order valence-electron chi connectivity index (χ4n) is 1.64. The summed E-state index contributed by atoms with van der Waals surface area (Å²) in [5.41, 5.74) is 2.71. The molecular weight excluding hydrogens is 212 g/mol. The van der Waals surface area contributed by atoms with Crippen molar-refractivity contribution in [3.05, 3.63) is 47.8 Å². The number of anilines is 1. The number of nitrogens with zero attached hydrogens (tertiary/aromatic N) is 3. The van der Waals surface area contributed by atoms with Crippen molar-refractivity contribution in [2.75, 3.05) is 11.9 Å².